The largest absolute Gasteiger partial charge is 0.389 e. The number of rotatable bonds is 5. The molecule has 168 valence electrons. The van der Waals surface area contributed by atoms with E-state index in [0.29, 0.717) is 25.6 Å². The zero-order chi connectivity index (χ0) is 22.3. The zero-order valence-electron chi connectivity index (χ0n) is 18.3. The number of nitrogens with one attached hydrogen (secondary N) is 2. The lowest BCUT2D eigenvalue weighted by atomic mass is 10.1. The van der Waals surface area contributed by atoms with Crippen molar-refractivity contribution in [2.45, 2.75) is 25.5 Å². The molecule has 1 amide bonds. The molecule has 0 spiro atoms. The van der Waals surface area contributed by atoms with Gasteiger partial charge in [-0.3, -0.25) is 4.79 Å². The van der Waals surface area contributed by atoms with Crippen molar-refractivity contribution in [2.24, 2.45) is 0 Å². The summed E-state index contributed by atoms with van der Waals surface area (Å²) in [4.78, 5) is 29.7. The lowest BCUT2D eigenvalue weighted by Gasteiger charge is -2.45. The van der Waals surface area contributed by atoms with Gasteiger partial charge in [0, 0.05) is 42.3 Å². The van der Waals surface area contributed by atoms with Gasteiger partial charge in [0.15, 0.2) is 11.6 Å². The van der Waals surface area contributed by atoms with E-state index in [0.717, 1.165) is 34.5 Å². The second kappa shape index (κ2) is 8.07. The lowest BCUT2D eigenvalue weighted by molar-refractivity contribution is -0.120. The van der Waals surface area contributed by atoms with Gasteiger partial charge < -0.3 is 29.9 Å². The van der Waals surface area contributed by atoms with Crippen LogP contribution in [-0.2, 0) is 9.53 Å². The average molecular weight is 437 g/mol. The first-order chi connectivity index (χ1) is 15.4. The summed E-state index contributed by atoms with van der Waals surface area (Å²) < 4.78 is 5.71. The van der Waals surface area contributed by atoms with Crippen LogP contribution in [0.15, 0.2) is 36.7 Å². The van der Waals surface area contributed by atoms with Gasteiger partial charge in [0.05, 0.1) is 43.3 Å². The molecule has 32 heavy (non-hydrogen) atoms. The second-order valence-corrected chi connectivity index (χ2v) is 9.04. The average Bonchev–Trinajstić information content (AvgIpc) is 3.26. The van der Waals surface area contributed by atoms with Crippen LogP contribution in [0.4, 0.5) is 11.5 Å². The van der Waals surface area contributed by atoms with Crippen LogP contribution in [0.2, 0.25) is 0 Å². The van der Waals surface area contributed by atoms with Gasteiger partial charge in [-0.05, 0) is 26.0 Å². The number of carbonyl (C=O) groups excluding carboxylic acids is 1. The topological polar surface area (TPSA) is 107 Å². The summed E-state index contributed by atoms with van der Waals surface area (Å²) in [7, 11) is 0. The van der Waals surface area contributed by atoms with Gasteiger partial charge in [0.25, 0.3) is 0 Å². The highest BCUT2D eigenvalue weighted by Crippen LogP contribution is 2.36. The van der Waals surface area contributed by atoms with Crippen molar-refractivity contribution in [2.75, 3.05) is 49.2 Å². The van der Waals surface area contributed by atoms with Crippen molar-refractivity contribution in [3.05, 3.63) is 36.7 Å². The predicted octanol–water partition coefficient (Wildman–Crippen LogP) is 1.54. The Hall–Kier alpha value is -3.17. The number of ether oxygens (including phenoxy) is 1. The number of amides is 1. The second-order valence-electron chi connectivity index (χ2n) is 9.04. The first-order valence-corrected chi connectivity index (χ1v) is 10.9. The molecule has 0 aliphatic carbocycles. The third kappa shape index (κ3) is 4.01. The fraction of sp³-hybridized carbons (Fsp3) is 0.435. The Morgan fingerprint density at radius 3 is 3.09 bits per heavy atom. The molecule has 1 saturated heterocycles. The van der Waals surface area contributed by atoms with Crippen molar-refractivity contribution in [1.29, 1.82) is 0 Å². The van der Waals surface area contributed by atoms with Gasteiger partial charge in [-0.1, -0.05) is 12.1 Å². The first-order valence-electron chi connectivity index (χ1n) is 10.9. The number of morpholine rings is 1. The smallest absolute Gasteiger partial charge is 0.239 e. The fourth-order valence-corrected chi connectivity index (χ4v) is 4.34. The Morgan fingerprint density at radius 1 is 1.38 bits per heavy atom. The Morgan fingerprint density at radius 2 is 2.25 bits per heavy atom. The van der Waals surface area contributed by atoms with E-state index < -0.39 is 5.60 Å². The number of hydrogen-bond donors (Lipinski definition) is 3. The van der Waals surface area contributed by atoms with Gasteiger partial charge in [0.1, 0.15) is 0 Å². The summed E-state index contributed by atoms with van der Waals surface area (Å²) in [5.41, 5.74) is 1.89. The minimum atomic E-state index is -0.958. The summed E-state index contributed by atoms with van der Waals surface area (Å²) in [5.74, 6) is 1.34. The molecule has 2 aliphatic heterocycles. The van der Waals surface area contributed by atoms with Crippen LogP contribution >= 0.6 is 0 Å². The van der Waals surface area contributed by atoms with E-state index in [1.165, 1.54) is 0 Å². The summed E-state index contributed by atoms with van der Waals surface area (Å²) in [6.07, 6.45) is 3.73. The zero-order valence-corrected chi connectivity index (χ0v) is 18.3. The monoisotopic (exact) mass is 436 g/mol. The normalized spacial score (nSPS) is 18.4. The molecule has 2 aliphatic rings. The molecule has 1 fully saturated rings. The third-order valence-electron chi connectivity index (χ3n) is 5.91. The van der Waals surface area contributed by atoms with E-state index in [4.69, 9.17) is 9.72 Å². The highest BCUT2D eigenvalue weighted by Gasteiger charge is 2.35. The number of aliphatic hydroxyl groups is 1. The van der Waals surface area contributed by atoms with Crippen molar-refractivity contribution in [3.8, 4) is 11.4 Å². The summed E-state index contributed by atoms with van der Waals surface area (Å²) in [6, 6.07) is 8.20. The third-order valence-corrected chi connectivity index (χ3v) is 5.91. The van der Waals surface area contributed by atoms with E-state index in [1.54, 1.807) is 13.8 Å². The van der Waals surface area contributed by atoms with E-state index in [9.17, 15) is 9.90 Å². The van der Waals surface area contributed by atoms with E-state index in [1.807, 2.05) is 41.6 Å². The van der Waals surface area contributed by atoms with Gasteiger partial charge in [0.2, 0.25) is 5.91 Å². The van der Waals surface area contributed by atoms with Crippen LogP contribution in [0, 0.1) is 0 Å². The number of carbonyl (C=O) groups is 1. The Kier molecular flexibility index (Phi) is 5.22. The number of aromatic amines is 1. The van der Waals surface area contributed by atoms with Gasteiger partial charge in [-0.2, -0.15) is 0 Å². The maximum Gasteiger partial charge on any atom is 0.239 e. The van der Waals surface area contributed by atoms with Gasteiger partial charge in [-0.15, -0.1) is 0 Å². The quantitative estimate of drug-likeness (QED) is 0.557. The molecule has 9 nitrogen and oxygen atoms in total. The molecule has 2 aromatic heterocycles. The number of anilines is 2. The molecule has 1 unspecified atom stereocenters. The lowest BCUT2D eigenvalue weighted by Crippen LogP contribution is -2.57. The van der Waals surface area contributed by atoms with Crippen LogP contribution in [0.3, 0.4) is 0 Å². The molecule has 5 rings (SSSR count). The van der Waals surface area contributed by atoms with Crippen LogP contribution in [0.25, 0.3) is 22.3 Å². The first kappa shape index (κ1) is 20.7. The molecule has 1 atom stereocenters. The van der Waals surface area contributed by atoms with Crippen molar-refractivity contribution < 1.29 is 14.6 Å². The number of benzene rings is 1. The molecule has 3 N–H and O–H groups in total. The predicted molar refractivity (Wildman–Crippen MR) is 123 cm³/mol. The molecule has 0 saturated carbocycles. The molecular weight excluding hydrogens is 408 g/mol. The van der Waals surface area contributed by atoms with Crippen LogP contribution in [-0.4, -0.2) is 77.0 Å². The molecule has 4 heterocycles. The minimum absolute atomic E-state index is 0.115. The maximum absolute atomic E-state index is 12.6. The van der Waals surface area contributed by atoms with Gasteiger partial charge >= 0.3 is 0 Å². The fourth-order valence-electron chi connectivity index (χ4n) is 4.34. The minimum Gasteiger partial charge on any atom is -0.389 e. The molecule has 0 bridgehead atoms. The number of H-pyrrole nitrogens is 1. The maximum atomic E-state index is 12.6. The molecule has 1 aromatic carbocycles. The van der Waals surface area contributed by atoms with Crippen LogP contribution in [0.1, 0.15) is 13.8 Å². The van der Waals surface area contributed by atoms with Crippen molar-refractivity contribution >= 4 is 28.3 Å². The van der Waals surface area contributed by atoms with E-state index >= 15 is 0 Å². The van der Waals surface area contributed by atoms with Gasteiger partial charge in [-0.25, -0.2) is 9.97 Å². The number of aromatic nitrogens is 3. The number of hydrogen-bond acceptors (Lipinski definition) is 7. The Bertz CT molecular complexity index is 1140. The van der Waals surface area contributed by atoms with Crippen molar-refractivity contribution in [1.82, 2.24) is 20.3 Å². The Balaban J connectivity index is 1.48. The van der Waals surface area contributed by atoms with Crippen LogP contribution in [0.5, 0.6) is 0 Å². The summed E-state index contributed by atoms with van der Waals surface area (Å²) in [5, 5.41) is 13.8. The SMILES string of the molecule is CC(C)(O)CNC(=O)CN1CC2COCCN2c2nc(-c3cccc4[nH]ccc34)ncc21. The summed E-state index contributed by atoms with van der Waals surface area (Å²) >= 11 is 0. The van der Waals surface area contributed by atoms with Crippen LogP contribution < -0.4 is 15.1 Å². The highest BCUT2D eigenvalue weighted by molar-refractivity contribution is 5.94. The highest BCUT2D eigenvalue weighted by atomic mass is 16.5. The van der Waals surface area contributed by atoms with Crippen molar-refractivity contribution in [3.63, 3.8) is 0 Å². The standard InChI is InChI=1S/C23H28N6O3/c1-23(2,31)14-26-20(30)12-28-11-15-13-32-9-8-29(15)22-19(28)10-25-21(27-22)17-4-3-5-18-16(17)6-7-24-18/h3-7,10,15,24,31H,8-9,11-14H2,1-2H3,(H,26,30). The molecular formula is C23H28N6O3. The molecule has 0 radical (unpaired) electrons. The number of nitrogens with zero attached hydrogens (tertiary/aromatic N) is 4. The molecule has 3 aromatic rings. The van der Waals surface area contributed by atoms with E-state index in [2.05, 4.69) is 20.2 Å². The Labute approximate surface area is 186 Å². The molecule has 9 heteroatoms. The number of fused-ring (bicyclic) bond motifs is 4. The summed E-state index contributed by atoms with van der Waals surface area (Å²) in [6.45, 7) is 6.34. The van der Waals surface area contributed by atoms with E-state index in [-0.39, 0.29) is 25.0 Å².